The largest absolute Gasteiger partial charge is 0.385 e. The van der Waals surface area contributed by atoms with Crippen LogP contribution >= 0.6 is 0 Å². The lowest BCUT2D eigenvalue weighted by atomic mass is 9.77. The molecule has 4 rings (SSSR count). The van der Waals surface area contributed by atoms with Crippen LogP contribution in [-0.2, 0) is 23.3 Å². The molecule has 172 valence electrons. The van der Waals surface area contributed by atoms with E-state index >= 15 is 0 Å². The molecule has 1 saturated heterocycles. The quantitative estimate of drug-likeness (QED) is 0.342. The van der Waals surface area contributed by atoms with Gasteiger partial charge in [0.1, 0.15) is 35.1 Å². The van der Waals surface area contributed by atoms with Gasteiger partial charge in [-0.2, -0.15) is 0 Å². The van der Waals surface area contributed by atoms with Crippen LogP contribution in [0.15, 0.2) is 40.4 Å². The Balaban J connectivity index is 1.75. The average Bonchev–Trinajstić information content (AvgIpc) is 3.31. The molecule has 1 fully saturated rings. The molecule has 3 heterocycles. The number of nitrogens with zero attached hydrogens (tertiary/aromatic N) is 3. The standard InChI is InChI=1S/C23H31N5O4/c1-22(30,16-7-5-6-13-8-10-27-12-15(13)16)21-23(2,31)17(29)20(32-21)28-11-9-14(18(24)25-3)19(28)26-4/h5-7,9,11,17,20-21,27,29-31H,4,8,10,12H2,1-3H3,(H2,24,25)/t17-,20+,21+,22?,23-/m0/s1. The Morgan fingerprint density at radius 2 is 2.16 bits per heavy atom. The summed E-state index contributed by atoms with van der Waals surface area (Å²) in [6.45, 7) is 8.17. The normalized spacial score (nSPS) is 30.1. The number of aliphatic hydroxyl groups is 3. The zero-order chi connectivity index (χ0) is 23.3. The second-order valence-electron chi connectivity index (χ2n) is 8.82. The summed E-state index contributed by atoms with van der Waals surface area (Å²) in [4.78, 5) is 8.02. The van der Waals surface area contributed by atoms with Crippen LogP contribution in [0, 0.1) is 0 Å². The molecule has 0 saturated carbocycles. The maximum Gasteiger partial charge on any atom is 0.164 e. The molecule has 0 amide bonds. The van der Waals surface area contributed by atoms with E-state index in [0.29, 0.717) is 23.5 Å². The number of aliphatic hydroxyl groups excluding tert-OH is 1. The minimum absolute atomic E-state index is 0.261. The molecule has 2 aromatic rings. The third-order valence-electron chi connectivity index (χ3n) is 6.71. The van der Waals surface area contributed by atoms with Crippen molar-refractivity contribution in [3.63, 3.8) is 0 Å². The topological polar surface area (TPSA) is 138 Å². The summed E-state index contributed by atoms with van der Waals surface area (Å²) in [7, 11) is 1.56. The van der Waals surface area contributed by atoms with E-state index in [1.165, 1.54) is 6.92 Å². The van der Waals surface area contributed by atoms with Gasteiger partial charge < -0.3 is 35.7 Å². The summed E-state index contributed by atoms with van der Waals surface area (Å²) in [5.74, 6) is 0.617. The number of amidine groups is 1. The molecule has 2 aliphatic heterocycles. The Morgan fingerprint density at radius 3 is 2.84 bits per heavy atom. The predicted octanol–water partition coefficient (Wildman–Crippen LogP) is 0.718. The first kappa shape index (κ1) is 22.6. The van der Waals surface area contributed by atoms with E-state index < -0.39 is 29.6 Å². The summed E-state index contributed by atoms with van der Waals surface area (Å²) >= 11 is 0. The second-order valence-corrected chi connectivity index (χ2v) is 8.82. The first-order valence-corrected chi connectivity index (χ1v) is 10.6. The molecular weight excluding hydrogens is 410 g/mol. The van der Waals surface area contributed by atoms with E-state index in [-0.39, 0.29) is 5.84 Å². The molecule has 1 aromatic heterocycles. The highest BCUT2D eigenvalue weighted by molar-refractivity contribution is 6.01. The first-order chi connectivity index (χ1) is 15.1. The summed E-state index contributed by atoms with van der Waals surface area (Å²) in [5.41, 5.74) is 5.97. The van der Waals surface area contributed by atoms with Gasteiger partial charge in [-0.3, -0.25) is 4.99 Å². The lowest BCUT2D eigenvalue weighted by molar-refractivity contribution is -0.162. The maximum atomic E-state index is 11.7. The van der Waals surface area contributed by atoms with Crippen LogP contribution in [0.1, 0.15) is 42.3 Å². The van der Waals surface area contributed by atoms with E-state index in [0.717, 1.165) is 24.1 Å². The van der Waals surface area contributed by atoms with Crippen molar-refractivity contribution in [1.29, 1.82) is 0 Å². The van der Waals surface area contributed by atoms with Crippen molar-refractivity contribution in [3.8, 4) is 0 Å². The molecule has 9 heteroatoms. The van der Waals surface area contributed by atoms with E-state index in [1.54, 1.807) is 30.8 Å². The number of rotatable bonds is 5. The minimum Gasteiger partial charge on any atom is -0.385 e. The van der Waals surface area contributed by atoms with E-state index in [1.807, 2.05) is 18.2 Å². The Morgan fingerprint density at radius 1 is 1.41 bits per heavy atom. The Hall–Kier alpha value is -2.56. The van der Waals surface area contributed by atoms with Crippen LogP contribution in [0.4, 0.5) is 5.82 Å². The van der Waals surface area contributed by atoms with Gasteiger partial charge in [0.15, 0.2) is 6.23 Å². The highest BCUT2D eigenvalue weighted by Crippen LogP contribution is 2.47. The van der Waals surface area contributed by atoms with Gasteiger partial charge in [-0.25, -0.2) is 4.99 Å². The highest BCUT2D eigenvalue weighted by atomic mass is 16.6. The summed E-state index contributed by atoms with van der Waals surface area (Å²) in [6.07, 6.45) is -0.987. The fourth-order valence-corrected chi connectivity index (χ4v) is 4.98. The van der Waals surface area contributed by atoms with Gasteiger partial charge >= 0.3 is 0 Å². The zero-order valence-electron chi connectivity index (χ0n) is 18.6. The summed E-state index contributed by atoms with van der Waals surface area (Å²) in [5, 5.41) is 37.4. The van der Waals surface area contributed by atoms with Gasteiger partial charge in [-0.05, 0) is 56.3 Å². The van der Waals surface area contributed by atoms with Gasteiger partial charge in [0, 0.05) is 19.8 Å². The SMILES string of the molecule is C=Nc1c(C(N)=NC)ccn1[C@@H]1O[C@H](C(C)(O)c2cccc3c2CNCC3)[C@@](C)(O)[C@H]1O. The average molecular weight is 442 g/mol. The van der Waals surface area contributed by atoms with E-state index in [4.69, 9.17) is 10.5 Å². The van der Waals surface area contributed by atoms with Crippen molar-refractivity contribution >= 4 is 18.4 Å². The third kappa shape index (κ3) is 3.37. The third-order valence-corrected chi connectivity index (χ3v) is 6.71. The molecule has 1 aromatic carbocycles. The Labute approximate surface area is 187 Å². The number of ether oxygens (including phenoxy) is 1. The van der Waals surface area contributed by atoms with Crippen molar-refractivity contribution in [1.82, 2.24) is 9.88 Å². The van der Waals surface area contributed by atoms with Gasteiger partial charge in [-0.15, -0.1) is 0 Å². The van der Waals surface area contributed by atoms with E-state index in [2.05, 4.69) is 22.0 Å². The van der Waals surface area contributed by atoms with Gasteiger partial charge in [0.2, 0.25) is 0 Å². The summed E-state index contributed by atoms with van der Waals surface area (Å²) in [6, 6.07) is 7.48. The number of nitrogens with one attached hydrogen (secondary N) is 1. The van der Waals surface area contributed by atoms with Crippen LogP contribution in [0.25, 0.3) is 0 Å². The second kappa shape index (κ2) is 8.09. The van der Waals surface area contributed by atoms with Crippen LogP contribution < -0.4 is 11.1 Å². The number of hydrogen-bond donors (Lipinski definition) is 5. The molecule has 5 atom stereocenters. The molecule has 6 N–H and O–H groups in total. The molecule has 0 radical (unpaired) electrons. The van der Waals surface area contributed by atoms with Gasteiger partial charge in [0.05, 0.1) is 5.56 Å². The van der Waals surface area contributed by atoms with Crippen molar-refractivity contribution in [2.24, 2.45) is 15.7 Å². The van der Waals surface area contributed by atoms with Crippen molar-refractivity contribution < 1.29 is 20.1 Å². The number of fused-ring (bicyclic) bond motifs is 1. The lowest BCUT2D eigenvalue weighted by Gasteiger charge is -2.39. The van der Waals surface area contributed by atoms with Crippen molar-refractivity contribution in [3.05, 3.63) is 52.7 Å². The number of benzene rings is 1. The fraction of sp³-hybridized carbons (Fsp3) is 0.478. The molecule has 9 nitrogen and oxygen atoms in total. The molecular formula is C23H31N5O4. The monoisotopic (exact) mass is 441 g/mol. The van der Waals surface area contributed by atoms with Crippen LogP contribution in [0.2, 0.25) is 0 Å². The number of aromatic nitrogens is 1. The predicted molar refractivity (Wildman–Crippen MR) is 122 cm³/mol. The zero-order valence-corrected chi connectivity index (χ0v) is 18.6. The van der Waals surface area contributed by atoms with Gasteiger partial charge in [0.25, 0.3) is 0 Å². The minimum atomic E-state index is -1.76. The molecule has 0 spiro atoms. The van der Waals surface area contributed by atoms with Crippen LogP contribution in [0.5, 0.6) is 0 Å². The Kier molecular flexibility index (Phi) is 5.72. The maximum absolute atomic E-state index is 11.7. The molecule has 2 aliphatic rings. The van der Waals surface area contributed by atoms with Crippen molar-refractivity contribution in [2.75, 3.05) is 13.6 Å². The molecule has 0 aliphatic carbocycles. The van der Waals surface area contributed by atoms with E-state index in [9.17, 15) is 15.3 Å². The molecule has 1 unspecified atom stereocenters. The first-order valence-electron chi connectivity index (χ1n) is 10.6. The molecule has 0 bridgehead atoms. The Bertz CT molecular complexity index is 1060. The number of hydrogen-bond acceptors (Lipinski definition) is 7. The van der Waals surface area contributed by atoms with Gasteiger partial charge in [-0.1, -0.05) is 18.2 Å². The smallest absolute Gasteiger partial charge is 0.164 e. The van der Waals surface area contributed by atoms with Crippen molar-refractivity contribution in [2.45, 2.75) is 56.5 Å². The number of nitrogens with two attached hydrogens (primary N) is 1. The number of aliphatic imine (C=N–C) groups is 2. The summed E-state index contributed by atoms with van der Waals surface area (Å²) < 4.78 is 7.73. The lowest BCUT2D eigenvalue weighted by Crippen LogP contribution is -2.54. The highest BCUT2D eigenvalue weighted by Gasteiger charge is 2.60. The molecule has 32 heavy (non-hydrogen) atoms. The van der Waals surface area contributed by atoms with Crippen LogP contribution in [0.3, 0.4) is 0 Å². The fourth-order valence-electron chi connectivity index (χ4n) is 4.98. The van der Waals surface area contributed by atoms with Crippen LogP contribution in [-0.4, -0.2) is 63.8 Å².